The molecule has 0 amide bonds. The topological polar surface area (TPSA) is 40.2 Å². The number of fused-ring (bicyclic) bond motifs is 1. The zero-order valence-corrected chi connectivity index (χ0v) is 14.0. The van der Waals surface area contributed by atoms with Crippen molar-refractivity contribution >= 4 is 28.0 Å². The Morgan fingerprint density at radius 2 is 1.96 bits per heavy atom. The predicted octanol–water partition coefficient (Wildman–Crippen LogP) is 3.92. The number of rotatable bonds is 3. The van der Waals surface area contributed by atoms with Gasteiger partial charge >= 0.3 is 0 Å². The van der Waals surface area contributed by atoms with Crippen LogP contribution in [0.5, 0.6) is 0 Å². The van der Waals surface area contributed by atoms with Crippen LogP contribution in [0, 0.1) is 5.82 Å². The molecule has 2 heterocycles. The molecule has 1 aromatic heterocycles. The maximum Gasteiger partial charge on any atom is 0.138 e. The second-order valence-electron chi connectivity index (χ2n) is 6.26. The molecule has 0 aliphatic carbocycles. The third kappa shape index (κ3) is 3.42. The normalized spacial score (nSPS) is 15.2. The Labute approximate surface area is 146 Å². The minimum Gasteiger partial charge on any atom is -0.355 e. The van der Waals surface area contributed by atoms with Gasteiger partial charge in [-0.15, -0.1) is 0 Å². The first-order valence-electron chi connectivity index (χ1n) is 8.67. The van der Waals surface area contributed by atoms with Crippen LogP contribution in [0.1, 0.15) is 6.42 Å². The van der Waals surface area contributed by atoms with Crippen molar-refractivity contribution in [3.63, 3.8) is 0 Å². The van der Waals surface area contributed by atoms with Crippen molar-refractivity contribution in [2.24, 2.45) is 0 Å². The molecule has 1 fully saturated rings. The molecule has 0 atom stereocenters. The third-order valence-corrected chi connectivity index (χ3v) is 4.51. The van der Waals surface area contributed by atoms with Crippen molar-refractivity contribution in [1.29, 1.82) is 0 Å². The fourth-order valence-electron chi connectivity index (χ4n) is 3.33. The highest BCUT2D eigenvalue weighted by Gasteiger charge is 2.16. The lowest BCUT2D eigenvalue weighted by molar-refractivity contribution is 0.628. The number of benzene rings is 2. The minimum atomic E-state index is -0.248. The molecule has 0 spiro atoms. The van der Waals surface area contributed by atoms with Crippen LogP contribution in [0.25, 0.3) is 10.8 Å². The van der Waals surface area contributed by atoms with Crippen molar-refractivity contribution in [3.05, 3.63) is 60.5 Å². The van der Waals surface area contributed by atoms with E-state index in [4.69, 9.17) is 0 Å². The van der Waals surface area contributed by atoms with Crippen molar-refractivity contribution in [2.75, 3.05) is 36.4 Å². The van der Waals surface area contributed by atoms with Gasteiger partial charge in [0.25, 0.3) is 0 Å². The first-order valence-corrected chi connectivity index (χ1v) is 8.67. The van der Waals surface area contributed by atoms with Gasteiger partial charge in [-0.3, -0.25) is 0 Å². The summed E-state index contributed by atoms with van der Waals surface area (Å²) in [6, 6.07) is 14.7. The summed E-state index contributed by atoms with van der Waals surface area (Å²) < 4.78 is 13.5. The molecule has 2 aromatic carbocycles. The summed E-state index contributed by atoms with van der Waals surface area (Å²) in [5, 5.41) is 9.00. The Morgan fingerprint density at radius 1 is 1.04 bits per heavy atom. The highest BCUT2D eigenvalue weighted by atomic mass is 19.1. The van der Waals surface area contributed by atoms with E-state index in [-0.39, 0.29) is 5.82 Å². The second-order valence-corrected chi connectivity index (χ2v) is 6.26. The van der Waals surface area contributed by atoms with Crippen molar-refractivity contribution in [2.45, 2.75) is 6.42 Å². The summed E-state index contributed by atoms with van der Waals surface area (Å²) in [6.45, 7) is 3.90. The zero-order chi connectivity index (χ0) is 17.1. The number of hydrogen-bond acceptors (Lipinski definition) is 4. The summed E-state index contributed by atoms with van der Waals surface area (Å²) >= 11 is 0. The zero-order valence-electron chi connectivity index (χ0n) is 14.0. The van der Waals surface area contributed by atoms with E-state index in [1.54, 1.807) is 6.07 Å². The monoisotopic (exact) mass is 336 g/mol. The van der Waals surface area contributed by atoms with Gasteiger partial charge in [0.15, 0.2) is 0 Å². The van der Waals surface area contributed by atoms with Gasteiger partial charge in [-0.05, 0) is 48.7 Å². The van der Waals surface area contributed by atoms with Gasteiger partial charge in [-0.1, -0.05) is 18.2 Å². The molecule has 1 aliphatic rings. The van der Waals surface area contributed by atoms with Gasteiger partial charge in [0.1, 0.15) is 11.6 Å². The number of hydrogen-bond donors (Lipinski definition) is 2. The molecular formula is C20H21FN4. The number of nitrogens with one attached hydrogen (secondary N) is 2. The Balaban J connectivity index is 1.78. The lowest BCUT2D eigenvalue weighted by Crippen LogP contribution is -2.28. The predicted molar refractivity (Wildman–Crippen MR) is 101 cm³/mol. The maximum atomic E-state index is 13.5. The molecule has 3 aromatic rings. The van der Waals surface area contributed by atoms with Crippen LogP contribution in [0.3, 0.4) is 0 Å². The van der Waals surface area contributed by atoms with Crippen LogP contribution >= 0.6 is 0 Å². The Kier molecular flexibility index (Phi) is 4.48. The van der Waals surface area contributed by atoms with E-state index in [0.717, 1.165) is 60.6 Å². The summed E-state index contributed by atoms with van der Waals surface area (Å²) in [7, 11) is 0. The molecule has 0 bridgehead atoms. The molecule has 0 unspecified atom stereocenters. The van der Waals surface area contributed by atoms with Crippen LogP contribution in [-0.4, -0.2) is 31.2 Å². The molecule has 0 saturated carbocycles. The van der Waals surface area contributed by atoms with Gasteiger partial charge < -0.3 is 15.5 Å². The van der Waals surface area contributed by atoms with Gasteiger partial charge in [-0.2, -0.15) is 0 Å². The van der Waals surface area contributed by atoms with Crippen molar-refractivity contribution in [3.8, 4) is 0 Å². The molecule has 4 nitrogen and oxygen atoms in total. The Hall–Kier alpha value is -2.66. The molecule has 4 rings (SSSR count). The van der Waals surface area contributed by atoms with Crippen LogP contribution in [0.4, 0.5) is 21.6 Å². The van der Waals surface area contributed by atoms with Crippen LogP contribution in [0.15, 0.2) is 54.7 Å². The van der Waals surface area contributed by atoms with E-state index in [0.29, 0.717) is 0 Å². The van der Waals surface area contributed by atoms with Crippen LogP contribution in [0.2, 0.25) is 0 Å². The van der Waals surface area contributed by atoms with E-state index < -0.39 is 0 Å². The van der Waals surface area contributed by atoms with E-state index in [2.05, 4.69) is 26.6 Å². The Morgan fingerprint density at radius 3 is 2.88 bits per heavy atom. The van der Waals surface area contributed by atoms with Gasteiger partial charge in [-0.25, -0.2) is 9.37 Å². The molecule has 25 heavy (non-hydrogen) atoms. The molecule has 1 aliphatic heterocycles. The van der Waals surface area contributed by atoms with Gasteiger partial charge in [0.05, 0.1) is 5.69 Å². The summed E-state index contributed by atoms with van der Waals surface area (Å²) in [6.07, 6.45) is 2.96. The van der Waals surface area contributed by atoms with Crippen molar-refractivity contribution in [1.82, 2.24) is 10.3 Å². The smallest absolute Gasteiger partial charge is 0.138 e. The summed E-state index contributed by atoms with van der Waals surface area (Å²) in [5.74, 6) is 0.739. The summed E-state index contributed by atoms with van der Waals surface area (Å²) in [5.41, 5.74) is 1.68. The van der Waals surface area contributed by atoms with E-state index in [1.165, 1.54) is 12.1 Å². The lowest BCUT2D eigenvalue weighted by atomic mass is 10.1. The maximum absolute atomic E-state index is 13.5. The SMILES string of the molecule is Fc1cccc(Nc2cccc3ccnc(N4CCCNCC4)c23)c1. The largest absolute Gasteiger partial charge is 0.355 e. The van der Waals surface area contributed by atoms with E-state index in [9.17, 15) is 4.39 Å². The number of pyridine rings is 1. The third-order valence-electron chi connectivity index (χ3n) is 4.51. The van der Waals surface area contributed by atoms with E-state index >= 15 is 0 Å². The first kappa shape index (κ1) is 15.8. The standard InChI is InChI=1S/C20H21FN4/c21-16-5-2-6-17(14-16)24-18-7-1-4-15-8-10-23-20(19(15)18)25-12-3-9-22-11-13-25/h1-2,4-8,10,14,22,24H,3,9,11-13H2. The van der Waals surface area contributed by atoms with Gasteiger partial charge in [0, 0.05) is 36.9 Å². The second kappa shape index (κ2) is 7.07. The molecule has 2 N–H and O–H groups in total. The van der Waals surface area contributed by atoms with Crippen LogP contribution in [-0.2, 0) is 0 Å². The number of aromatic nitrogens is 1. The number of halogens is 1. The van der Waals surface area contributed by atoms with Crippen molar-refractivity contribution < 1.29 is 4.39 Å². The molecule has 0 radical (unpaired) electrons. The fraction of sp³-hybridized carbons (Fsp3) is 0.250. The minimum absolute atomic E-state index is 0.248. The lowest BCUT2D eigenvalue weighted by Gasteiger charge is -2.24. The Bertz CT molecular complexity index is 867. The average Bonchev–Trinajstić information content (AvgIpc) is 2.91. The number of anilines is 3. The quantitative estimate of drug-likeness (QED) is 0.761. The van der Waals surface area contributed by atoms with E-state index in [1.807, 2.05) is 30.5 Å². The molecule has 1 saturated heterocycles. The fourth-order valence-corrected chi connectivity index (χ4v) is 3.33. The molecule has 128 valence electrons. The highest BCUT2D eigenvalue weighted by Crippen LogP contribution is 2.33. The molecule has 5 heteroatoms. The molecular weight excluding hydrogens is 315 g/mol. The average molecular weight is 336 g/mol. The van der Waals surface area contributed by atoms with Gasteiger partial charge in [0.2, 0.25) is 0 Å². The van der Waals surface area contributed by atoms with Crippen LogP contribution < -0.4 is 15.5 Å². The highest BCUT2D eigenvalue weighted by molar-refractivity contribution is 6.03. The first-order chi connectivity index (χ1) is 12.3. The summed E-state index contributed by atoms with van der Waals surface area (Å²) in [4.78, 5) is 7.01. The number of nitrogens with zero attached hydrogens (tertiary/aromatic N) is 2.